The van der Waals surface area contributed by atoms with Crippen molar-refractivity contribution in [1.82, 2.24) is 14.9 Å². The van der Waals surface area contributed by atoms with Crippen molar-refractivity contribution >= 4 is 29.0 Å². The molecule has 2 heterocycles. The summed E-state index contributed by atoms with van der Waals surface area (Å²) in [6.07, 6.45) is 4.72. The molecule has 1 N–H and O–H groups in total. The second-order valence-electron chi connectivity index (χ2n) is 5.73. The first-order chi connectivity index (χ1) is 11.1. The number of piperidine rings is 1. The van der Waals surface area contributed by atoms with Crippen LogP contribution in [-0.4, -0.2) is 33.9 Å². The van der Waals surface area contributed by atoms with Gasteiger partial charge in [0.15, 0.2) is 0 Å². The quantitative estimate of drug-likeness (QED) is 0.929. The van der Waals surface area contributed by atoms with E-state index in [2.05, 4.69) is 15.3 Å². The Morgan fingerprint density at radius 1 is 1.17 bits per heavy atom. The monoisotopic (exact) mass is 330 g/mol. The number of aromatic nitrogens is 2. The first kappa shape index (κ1) is 15.7. The van der Waals surface area contributed by atoms with E-state index in [0.29, 0.717) is 16.5 Å². The number of hydrogen-bond donors (Lipinski definition) is 1. The lowest BCUT2D eigenvalue weighted by Gasteiger charge is -2.26. The predicted octanol–water partition coefficient (Wildman–Crippen LogP) is 3.81. The highest BCUT2D eigenvalue weighted by Gasteiger charge is 2.19. The molecule has 0 spiro atoms. The summed E-state index contributed by atoms with van der Waals surface area (Å²) in [6.45, 7) is 3.59. The largest absolute Gasteiger partial charge is 0.340 e. The SMILES string of the molecule is Cc1ccc(Cl)cc1Nc1cc(C(=O)N2CCCCC2)ncn1. The molecule has 0 aliphatic carbocycles. The Labute approximate surface area is 140 Å². The second-order valence-corrected chi connectivity index (χ2v) is 6.16. The van der Waals surface area contributed by atoms with Gasteiger partial charge in [0.2, 0.25) is 0 Å². The number of halogens is 1. The van der Waals surface area contributed by atoms with Gasteiger partial charge in [-0.2, -0.15) is 0 Å². The van der Waals surface area contributed by atoms with Crippen molar-refractivity contribution in [3.8, 4) is 0 Å². The van der Waals surface area contributed by atoms with E-state index < -0.39 is 0 Å². The van der Waals surface area contributed by atoms with E-state index in [-0.39, 0.29) is 5.91 Å². The minimum atomic E-state index is -0.0297. The van der Waals surface area contributed by atoms with Gasteiger partial charge in [-0.1, -0.05) is 17.7 Å². The number of benzene rings is 1. The maximum atomic E-state index is 12.5. The van der Waals surface area contributed by atoms with Gasteiger partial charge in [-0.05, 0) is 43.9 Å². The number of hydrogen-bond acceptors (Lipinski definition) is 4. The fourth-order valence-corrected chi connectivity index (χ4v) is 2.84. The first-order valence-corrected chi connectivity index (χ1v) is 8.16. The number of nitrogens with one attached hydrogen (secondary N) is 1. The number of nitrogens with zero attached hydrogens (tertiary/aromatic N) is 3. The smallest absolute Gasteiger partial charge is 0.272 e. The Balaban J connectivity index is 1.79. The molecule has 1 aliphatic heterocycles. The average molecular weight is 331 g/mol. The molecule has 1 fully saturated rings. The highest BCUT2D eigenvalue weighted by Crippen LogP contribution is 2.23. The van der Waals surface area contributed by atoms with Gasteiger partial charge in [0.05, 0.1) is 0 Å². The normalized spacial score (nSPS) is 14.6. The molecule has 6 heteroatoms. The molecule has 1 aromatic heterocycles. The van der Waals surface area contributed by atoms with Gasteiger partial charge in [0.1, 0.15) is 17.8 Å². The van der Waals surface area contributed by atoms with E-state index in [9.17, 15) is 4.79 Å². The summed E-state index contributed by atoms with van der Waals surface area (Å²) in [5.41, 5.74) is 2.34. The number of likely N-dealkylation sites (tertiary alicyclic amines) is 1. The third-order valence-corrected chi connectivity index (χ3v) is 4.23. The highest BCUT2D eigenvalue weighted by molar-refractivity contribution is 6.30. The van der Waals surface area contributed by atoms with E-state index in [4.69, 9.17) is 11.6 Å². The molecule has 1 saturated heterocycles. The van der Waals surface area contributed by atoms with Gasteiger partial charge < -0.3 is 10.2 Å². The number of carbonyl (C=O) groups excluding carboxylic acids is 1. The van der Waals surface area contributed by atoms with E-state index >= 15 is 0 Å². The van der Waals surface area contributed by atoms with Crippen LogP contribution in [0.5, 0.6) is 0 Å². The summed E-state index contributed by atoms with van der Waals surface area (Å²) in [7, 11) is 0. The van der Waals surface area contributed by atoms with Crippen molar-refractivity contribution in [3.63, 3.8) is 0 Å². The molecule has 23 heavy (non-hydrogen) atoms. The van der Waals surface area contributed by atoms with Crippen LogP contribution in [0.4, 0.5) is 11.5 Å². The molecule has 0 unspecified atom stereocenters. The summed E-state index contributed by atoms with van der Waals surface area (Å²) in [5.74, 6) is 0.559. The van der Waals surface area contributed by atoms with Gasteiger partial charge >= 0.3 is 0 Å². The van der Waals surface area contributed by atoms with Gasteiger partial charge in [0, 0.05) is 29.9 Å². The third-order valence-electron chi connectivity index (χ3n) is 3.99. The van der Waals surface area contributed by atoms with Crippen LogP contribution in [0, 0.1) is 6.92 Å². The zero-order valence-corrected chi connectivity index (χ0v) is 13.8. The van der Waals surface area contributed by atoms with Gasteiger partial charge in [-0.25, -0.2) is 9.97 Å². The lowest BCUT2D eigenvalue weighted by molar-refractivity contribution is 0.0718. The average Bonchev–Trinajstić information content (AvgIpc) is 2.58. The van der Waals surface area contributed by atoms with Crippen LogP contribution in [0.2, 0.25) is 5.02 Å². The van der Waals surface area contributed by atoms with Gasteiger partial charge in [-0.3, -0.25) is 4.79 Å². The van der Waals surface area contributed by atoms with Crippen LogP contribution in [0.3, 0.4) is 0 Å². The van der Waals surface area contributed by atoms with Crippen molar-refractivity contribution in [1.29, 1.82) is 0 Å². The van der Waals surface area contributed by atoms with Gasteiger partial charge in [-0.15, -0.1) is 0 Å². The molecule has 5 nitrogen and oxygen atoms in total. The molecule has 3 rings (SSSR count). The van der Waals surface area contributed by atoms with Crippen molar-refractivity contribution in [2.24, 2.45) is 0 Å². The highest BCUT2D eigenvalue weighted by atomic mass is 35.5. The van der Waals surface area contributed by atoms with Crippen molar-refractivity contribution in [3.05, 3.63) is 46.9 Å². The summed E-state index contributed by atoms with van der Waals surface area (Å²) in [5, 5.41) is 3.85. The van der Waals surface area contributed by atoms with Crippen LogP contribution in [-0.2, 0) is 0 Å². The van der Waals surface area contributed by atoms with Crippen LogP contribution in [0.25, 0.3) is 0 Å². The number of amides is 1. The lowest BCUT2D eigenvalue weighted by Crippen LogP contribution is -2.36. The molecular formula is C17H19ClN4O. The third kappa shape index (κ3) is 3.79. The minimum absolute atomic E-state index is 0.0297. The summed E-state index contributed by atoms with van der Waals surface area (Å²) >= 11 is 6.03. The Morgan fingerprint density at radius 3 is 2.74 bits per heavy atom. The van der Waals surface area contributed by atoms with Crippen molar-refractivity contribution in [2.75, 3.05) is 18.4 Å². The van der Waals surface area contributed by atoms with Crippen LogP contribution < -0.4 is 5.32 Å². The molecular weight excluding hydrogens is 312 g/mol. The second kappa shape index (κ2) is 6.96. The predicted molar refractivity (Wildman–Crippen MR) is 91.3 cm³/mol. The maximum Gasteiger partial charge on any atom is 0.272 e. The standard InChI is InChI=1S/C17H19ClN4O/c1-12-5-6-13(18)9-14(12)21-16-10-15(19-11-20-16)17(23)22-7-3-2-4-8-22/h5-6,9-11H,2-4,7-8H2,1H3,(H,19,20,21). The lowest BCUT2D eigenvalue weighted by atomic mass is 10.1. The zero-order chi connectivity index (χ0) is 16.2. The van der Waals surface area contributed by atoms with Crippen molar-refractivity contribution < 1.29 is 4.79 Å². The molecule has 1 aromatic carbocycles. The van der Waals surface area contributed by atoms with E-state index in [1.165, 1.54) is 12.7 Å². The van der Waals surface area contributed by atoms with Crippen molar-refractivity contribution in [2.45, 2.75) is 26.2 Å². The first-order valence-electron chi connectivity index (χ1n) is 7.78. The van der Waals surface area contributed by atoms with Gasteiger partial charge in [0.25, 0.3) is 5.91 Å². The molecule has 120 valence electrons. The Hall–Kier alpha value is -2.14. The van der Waals surface area contributed by atoms with E-state index in [0.717, 1.165) is 37.2 Å². The summed E-state index contributed by atoms with van der Waals surface area (Å²) in [4.78, 5) is 22.7. The minimum Gasteiger partial charge on any atom is -0.340 e. The number of aryl methyl sites for hydroxylation is 1. The van der Waals surface area contributed by atoms with Crippen LogP contribution in [0.1, 0.15) is 35.3 Å². The Bertz CT molecular complexity index is 713. The number of anilines is 2. The zero-order valence-electron chi connectivity index (χ0n) is 13.1. The summed E-state index contributed by atoms with van der Waals surface area (Å²) < 4.78 is 0. The molecule has 1 aliphatic rings. The molecule has 1 amide bonds. The van der Waals surface area contributed by atoms with Crippen LogP contribution in [0.15, 0.2) is 30.6 Å². The molecule has 0 bridgehead atoms. The fraction of sp³-hybridized carbons (Fsp3) is 0.353. The Morgan fingerprint density at radius 2 is 1.96 bits per heavy atom. The van der Waals surface area contributed by atoms with E-state index in [1.54, 1.807) is 6.07 Å². The number of carbonyl (C=O) groups is 1. The van der Waals surface area contributed by atoms with Crippen LogP contribution >= 0.6 is 11.6 Å². The molecule has 0 atom stereocenters. The topological polar surface area (TPSA) is 58.1 Å². The summed E-state index contributed by atoms with van der Waals surface area (Å²) in [6, 6.07) is 7.31. The molecule has 0 radical (unpaired) electrons. The maximum absolute atomic E-state index is 12.5. The molecule has 2 aromatic rings. The molecule has 0 saturated carbocycles. The fourth-order valence-electron chi connectivity index (χ4n) is 2.67. The van der Waals surface area contributed by atoms with E-state index in [1.807, 2.05) is 30.0 Å². The number of rotatable bonds is 3. The Kier molecular flexibility index (Phi) is 4.76.